The van der Waals surface area contributed by atoms with Gasteiger partial charge in [0.25, 0.3) is 5.56 Å². The summed E-state index contributed by atoms with van der Waals surface area (Å²) in [6, 6.07) is 11.5. The zero-order chi connectivity index (χ0) is 16.4. The van der Waals surface area contributed by atoms with Crippen LogP contribution in [0.25, 0.3) is 21.8 Å². The number of likely N-dealkylation sites (tertiary alicyclic amines) is 1. The standard InChI is InChI=1S/C19H22N4O/c24-19-15-7-3-2-6-14(15)18-16(21-19)8-9-17(22-18)20-10-13-23-11-4-1-5-12-23/h2-3,6-9H,1,4-5,10-13H2,(H,20,22)(H,21,24). The van der Waals surface area contributed by atoms with Crippen LogP contribution in [0.3, 0.4) is 0 Å². The van der Waals surface area contributed by atoms with Crippen LogP contribution >= 0.6 is 0 Å². The number of rotatable bonds is 4. The molecule has 0 bridgehead atoms. The fourth-order valence-electron chi connectivity index (χ4n) is 3.47. The Morgan fingerprint density at radius 2 is 1.83 bits per heavy atom. The molecule has 5 heteroatoms. The fourth-order valence-corrected chi connectivity index (χ4v) is 3.47. The fraction of sp³-hybridized carbons (Fsp3) is 0.368. The maximum absolute atomic E-state index is 12.1. The van der Waals surface area contributed by atoms with E-state index in [9.17, 15) is 4.79 Å². The highest BCUT2D eigenvalue weighted by Gasteiger charge is 2.10. The van der Waals surface area contributed by atoms with Gasteiger partial charge in [-0.05, 0) is 44.1 Å². The summed E-state index contributed by atoms with van der Waals surface area (Å²) in [5, 5.41) is 5.00. The molecule has 1 aliphatic heterocycles. The lowest BCUT2D eigenvalue weighted by Crippen LogP contribution is -2.33. The number of anilines is 1. The Balaban J connectivity index is 1.57. The summed E-state index contributed by atoms with van der Waals surface area (Å²) in [5.41, 5.74) is 1.55. The van der Waals surface area contributed by atoms with E-state index in [4.69, 9.17) is 4.98 Å². The van der Waals surface area contributed by atoms with Crippen molar-refractivity contribution in [3.8, 4) is 0 Å². The first-order chi connectivity index (χ1) is 11.8. The number of benzene rings is 1. The molecular formula is C19H22N4O. The average molecular weight is 322 g/mol. The van der Waals surface area contributed by atoms with Gasteiger partial charge < -0.3 is 15.2 Å². The topological polar surface area (TPSA) is 61.0 Å². The zero-order valence-corrected chi connectivity index (χ0v) is 13.7. The van der Waals surface area contributed by atoms with E-state index in [1.54, 1.807) is 0 Å². The van der Waals surface area contributed by atoms with Crippen LogP contribution in [0, 0.1) is 0 Å². The number of fused-ring (bicyclic) bond motifs is 3. The molecule has 4 rings (SSSR count). The summed E-state index contributed by atoms with van der Waals surface area (Å²) in [6.45, 7) is 4.35. The van der Waals surface area contributed by atoms with Gasteiger partial charge in [0.15, 0.2) is 0 Å². The molecule has 0 unspecified atom stereocenters. The number of aromatic nitrogens is 2. The lowest BCUT2D eigenvalue weighted by atomic mass is 10.1. The molecule has 1 fully saturated rings. The van der Waals surface area contributed by atoms with Crippen molar-refractivity contribution in [1.29, 1.82) is 0 Å². The first-order valence-corrected chi connectivity index (χ1v) is 8.69. The highest BCUT2D eigenvalue weighted by Crippen LogP contribution is 2.20. The van der Waals surface area contributed by atoms with Crippen LogP contribution in [-0.4, -0.2) is 41.0 Å². The number of nitrogens with zero attached hydrogens (tertiary/aromatic N) is 2. The van der Waals surface area contributed by atoms with E-state index in [-0.39, 0.29) is 5.56 Å². The average Bonchev–Trinajstić information content (AvgIpc) is 2.63. The summed E-state index contributed by atoms with van der Waals surface area (Å²) in [7, 11) is 0. The Morgan fingerprint density at radius 3 is 2.67 bits per heavy atom. The van der Waals surface area contributed by atoms with E-state index in [0.717, 1.165) is 35.3 Å². The summed E-state index contributed by atoms with van der Waals surface area (Å²) in [4.78, 5) is 22.3. The van der Waals surface area contributed by atoms with Crippen molar-refractivity contribution >= 4 is 27.6 Å². The van der Waals surface area contributed by atoms with Crippen LogP contribution in [0.5, 0.6) is 0 Å². The second-order valence-electron chi connectivity index (χ2n) is 6.42. The van der Waals surface area contributed by atoms with Crippen molar-refractivity contribution in [3.63, 3.8) is 0 Å². The number of aromatic amines is 1. The van der Waals surface area contributed by atoms with Crippen molar-refractivity contribution in [1.82, 2.24) is 14.9 Å². The highest BCUT2D eigenvalue weighted by molar-refractivity contribution is 6.03. The molecule has 124 valence electrons. The summed E-state index contributed by atoms with van der Waals surface area (Å²) >= 11 is 0. The third kappa shape index (κ3) is 2.99. The molecule has 1 aromatic carbocycles. The summed E-state index contributed by atoms with van der Waals surface area (Å²) < 4.78 is 0. The Labute approximate surface area is 140 Å². The quantitative estimate of drug-likeness (QED) is 0.725. The van der Waals surface area contributed by atoms with Gasteiger partial charge in [-0.1, -0.05) is 24.6 Å². The second kappa shape index (κ2) is 6.61. The van der Waals surface area contributed by atoms with Gasteiger partial charge in [0.1, 0.15) is 5.82 Å². The van der Waals surface area contributed by atoms with Crippen LogP contribution in [0.4, 0.5) is 5.82 Å². The zero-order valence-electron chi connectivity index (χ0n) is 13.7. The van der Waals surface area contributed by atoms with Crippen molar-refractivity contribution < 1.29 is 0 Å². The predicted octanol–water partition coefficient (Wildman–Crippen LogP) is 2.97. The van der Waals surface area contributed by atoms with Gasteiger partial charge in [-0.25, -0.2) is 4.98 Å². The Kier molecular flexibility index (Phi) is 4.17. The lowest BCUT2D eigenvalue weighted by molar-refractivity contribution is 0.237. The minimum absolute atomic E-state index is 0.0642. The minimum Gasteiger partial charge on any atom is -0.369 e. The molecule has 2 aromatic heterocycles. The van der Waals surface area contributed by atoms with E-state index < -0.39 is 0 Å². The molecule has 2 N–H and O–H groups in total. The Morgan fingerprint density at radius 1 is 1.04 bits per heavy atom. The number of piperidine rings is 1. The van der Waals surface area contributed by atoms with Crippen molar-refractivity contribution in [2.75, 3.05) is 31.5 Å². The van der Waals surface area contributed by atoms with Crippen molar-refractivity contribution in [2.45, 2.75) is 19.3 Å². The van der Waals surface area contributed by atoms with E-state index in [1.165, 1.54) is 32.4 Å². The molecule has 0 aliphatic carbocycles. The maximum atomic E-state index is 12.1. The SMILES string of the molecule is O=c1[nH]c2ccc(NCCN3CCCCC3)nc2c2ccccc12. The molecule has 0 atom stereocenters. The second-order valence-corrected chi connectivity index (χ2v) is 6.42. The molecule has 24 heavy (non-hydrogen) atoms. The third-order valence-electron chi connectivity index (χ3n) is 4.75. The predicted molar refractivity (Wildman–Crippen MR) is 98.7 cm³/mol. The molecule has 0 spiro atoms. The minimum atomic E-state index is -0.0642. The number of hydrogen-bond donors (Lipinski definition) is 2. The van der Waals surface area contributed by atoms with Crippen LogP contribution < -0.4 is 10.9 Å². The third-order valence-corrected chi connectivity index (χ3v) is 4.75. The van der Waals surface area contributed by atoms with Crippen molar-refractivity contribution in [2.24, 2.45) is 0 Å². The molecule has 5 nitrogen and oxygen atoms in total. The van der Waals surface area contributed by atoms with Crippen molar-refractivity contribution in [3.05, 3.63) is 46.8 Å². The van der Waals surface area contributed by atoms with E-state index in [1.807, 2.05) is 36.4 Å². The molecular weight excluding hydrogens is 300 g/mol. The molecule has 3 aromatic rings. The van der Waals surface area contributed by atoms with Gasteiger partial charge in [-0.15, -0.1) is 0 Å². The Bertz CT molecular complexity index is 912. The van der Waals surface area contributed by atoms with E-state index >= 15 is 0 Å². The molecule has 0 saturated carbocycles. The first kappa shape index (κ1) is 15.1. The monoisotopic (exact) mass is 322 g/mol. The van der Waals surface area contributed by atoms with Crippen LogP contribution in [-0.2, 0) is 0 Å². The largest absolute Gasteiger partial charge is 0.369 e. The first-order valence-electron chi connectivity index (χ1n) is 8.69. The number of nitrogens with one attached hydrogen (secondary N) is 2. The van der Waals surface area contributed by atoms with Gasteiger partial charge in [0, 0.05) is 23.9 Å². The number of pyridine rings is 2. The van der Waals surface area contributed by atoms with Crippen LogP contribution in [0.15, 0.2) is 41.2 Å². The van der Waals surface area contributed by atoms with E-state index in [0.29, 0.717) is 5.39 Å². The molecule has 0 radical (unpaired) electrons. The highest BCUT2D eigenvalue weighted by atomic mass is 16.1. The van der Waals surface area contributed by atoms with Gasteiger partial charge in [0.2, 0.25) is 0 Å². The van der Waals surface area contributed by atoms with Gasteiger partial charge in [-0.3, -0.25) is 4.79 Å². The smallest absolute Gasteiger partial charge is 0.256 e. The maximum Gasteiger partial charge on any atom is 0.256 e. The van der Waals surface area contributed by atoms with Gasteiger partial charge in [-0.2, -0.15) is 0 Å². The summed E-state index contributed by atoms with van der Waals surface area (Å²) in [5.74, 6) is 0.858. The lowest BCUT2D eigenvalue weighted by Gasteiger charge is -2.26. The van der Waals surface area contributed by atoms with Crippen LogP contribution in [0.1, 0.15) is 19.3 Å². The molecule has 0 amide bonds. The molecule has 1 saturated heterocycles. The van der Waals surface area contributed by atoms with E-state index in [2.05, 4.69) is 15.2 Å². The number of hydrogen-bond acceptors (Lipinski definition) is 4. The van der Waals surface area contributed by atoms with Gasteiger partial charge in [0.05, 0.1) is 11.0 Å². The summed E-state index contributed by atoms with van der Waals surface area (Å²) in [6.07, 6.45) is 3.99. The van der Waals surface area contributed by atoms with Crippen LogP contribution in [0.2, 0.25) is 0 Å². The van der Waals surface area contributed by atoms with Gasteiger partial charge >= 0.3 is 0 Å². The normalized spacial score (nSPS) is 15.8. The number of H-pyrrole nitrogens is 1. The molecule has 3 heterocycles. The molecule has 1 aliphatic rings. The Hall–Kier alpha value is -2.40.